The Morgan fingerprint density at radius 3 is 1.88 bits per heavy atom. The number of benzene rings is 4. The van der Waals surface area contributed by atoms with Crippen molar-refractivity contribution in [2.45, 2.75) is 33.5 Å². The molecule has 0 saturated carbocycles. The topological polar surface area (TPSA) is 67.7 Å². The van der Waals surface area contributed by atoms with Crippen LogP contribution in [0.1, 0.15) is 33.4 Å². The van der Waals surface area contributed by atoms with Gasteiger partial charge in [-0.2, -0.15) is 13.2 Å². The van der Waals surface area contributed by atoms with E-state index in [0.29, 0.717) is 34.8 Å². The van der Waals surface area contributed by atoms with Gasteiger partial charge < -0.3 is 10.3 Å². The second kappa shape index (κ2) is 10.5. The summed E-state index contributed by atoms with van der Waals surface area (Å²) in [4.78, 5) is 5.03. The van der Waals surface area contributed by atoms with Gasteiger partial charge in [0.15, 0.2) is 0 Å². The monoisotopic (exact) mass is 538 g/mol. The zero-order chi connectivity index (χ0) is 28.6. The molecule has 0 bridgehead atoms. The predicted molar refractivity (Wildman–Crippen MR) is 154 cm³/mol. The number of aryl methyl sites for hydroxylation is 3. The highest BCUT2D eigenvalue weighted by atomic mass is 19.4. The van der Waals surface area contributed by atoms with Gasteiger partial charge >= 0.3 is 6.18 Å². The minimum absolute atomic E-state index is 0.0312. The number of amidine groups is 1. The molecule has 3 N–H and O–H groups in total. The molecular formula is C33H29F3N4. The van der Waals surface area contributed by atoms with E-state index in [9.17, 15) is 13.2 Å². The van der Waals surface area contributed by atoms with E-state index in [1.165, 1.54) is 6.07 Å². The Hall–Kier alpha value is -4.65. The van der Waals surface area contributed by atoms with Gasteiger partial charge in [0.2, 0.25) is 0 Å². The zero-order valence-electron chi connectivity index (χ0n) is 22.5. The molecule has 5 rings (SSSR count). The van der Waals surface area contributed by atoms with Crippen molar-refractivity contribution in [2.24, 2.45) is 5.73 Å². The molecule has 1 aromatic heterocycles. The van der Waals surface area contributed by atoms with Gasteiger partial charge in [0.05, 0.1) is 17.0 Å². The van der Waals surface area contributed by atoms with Crippen LogP contribution in [-0.2, 0) is 12.7 Å². The number of aromatic nitrogens is 2. The average Bonchev–Trinajstić information content (AvgIpc) is 3.28. The number of hydrogen-bond acceptors (Lipinski definition) is 2. The van der Waals surface area contributed by atoms with Gasteiger partial charge in [0.1, 0.15) is 11.7 Å². The molecule has 202 valence electrons. The van der Waals surface area contributed by atoms with Gasteiger partial charge in [-0.25, -0.2) is 4.98 Å². The first-order valence-electron chi connectivity index (χ1n) is 12.9. The van der Waals surface area contributed by atoms with Crippen LogP contribution in [0.3, 0.4) is 0 Å². The van der Waals surface area contributed by atoms with Crippen LogP contribution in [0, 0.1) is 26.2 Å². The Balaban J connectivity index is 1.80. The lowest BCUT2D eigenvalue weighted by atomic mass is 10.0. The predicted octanol–water partition coefficient (Wildman–Crippen LogP) is 8.16. The Morgan fingerprint density at radius 2 is 1.32 bits per heavy atom. The normalized spacial score (nSPS) is 11.6. The van der Waals surface area contributed by atoms with Crippen LogP contribution in [0.5, 0.6) is 0 Å². The number of alkyl halides is 3. The molecule has 4 nitrogen and oxygen atoms in total. The van der Waals surface area contributed by atoms with Gasteiger partial charge in [-0.1, -0.05) is 83.9 Å². The fraction of sp³-hybridized carbons (Fsp3) is 0.152. The third-order valence-corrected chi connectivity index (χ3v) is 6.89. The Morgan fingerprint density at radius 1 is 0.750 bits per heavy atom. The van der Waals surface area contributed by atoms with Gasteiger partial charge in [-0.15, -0.1) is 0 Å². The minimum Gasteiger partial charge on any atom is -0.384 e. The second-order valence-corrected chi connectivity index (χ2v) is 10.1. The molecule has 7 heteroatoms. The molecule has 0 aliphatic carbocycles. The molecule has 0 fully saturated rings. The lowest BCUT2D eigenvalue weighted by Gasteiger charge is -2.16. The van der Waals surface area contributed by atoms with Crippen molar-refractivity contribution in [3.63, 3.8) is 0 Å². The molecular weight excluding hydrogens is 509 g/mol. The molecule has 0 unspecified atom stereocenters. The maximum absolute atomic E-state index is 13.8. The highest BCUT2D eigenvalue weighted by molar-refractivity contribution is 5.94. The first-order chi connectivity index (χ1) is 19.0. The number of rotatable bonds is 6. The quantitative estimate of drug-likeness (QED) is 0.169. The molecule has 0 saturated heterocycles. The van der Waals surface area contributed by atoms with Crippen molar-refractivity contribution in [1.29, 1.82) is 5.41 Å². The number of nitrogens with one attached hydrogen (secondary N) is 1. The van der Waals surface area contributed by atoms with Crippen LogP contribution < -0.4 is 5.73 Å². The number of hydrogen-bond donors (Lipinski definition) is 2. The maximum Gasteiger partial charge on any atom is 0.416 e. The molecule has 0 amide bonds. The molecule has 0 atom stereocenters. The van der Waals surface area contributed by atoms with Crippen LogP contribution in [-0.4, -0.2) is 15.4 Å². The van der Waals surface area contributed by atoms with Crippen LogP contribution in [0.4, 0.5) is 13.2 Å². The first-order valence-corrected chi connectivity index (χ1v) is 12.9. The standard InChI is InChI=1S/C33H29F3N4/c1-20-4-10-24(11-5-20)29-30(25-12-6-21(2)7-13-25)40(19-23-8-14-26(15-9-23)31(37)38)32(39-29)27-16-22(3)17-28(18-27)33(34,35)36/h4-18H,19H2,1-3H3,(H3,37,38). The molecule has 4 aromatic carbocycles. The Bertz CT molecular complexity index is 1680. The highest BCUT2D eigenvalue weighted by Gasteiger charge is 2.32. The summed E-state index contributed by atoms with van der Waals surface area (Å²) in [7, 11) is 0. The minimum atomic E-state index is -4.49. The molecule has 0 radical (unpaired) electrons. The van der Waals surface area contributed by atoms with Crippen LogP contribution >= 0.6 is 0 Å². The van der Waals surface area contributed by atoms with E-state index >= 15 is 0 Å². The van der Waals surface area contributed by atoms with Crippen molar-refractivity contribution in [3.8, 4) is 33.9 Å². The van der Waals surface area contributed by atoms with Gasteiger partial charge in [0.25, 0.3) is 0 Å². The van der Waals surface area contributed by atoms with E-state index in [0.717, 1.165) is 39.6 Å². The largest absolute Gasteiger partial charge is 0.416 e. The van der Waals surface area contributed by atoms with E-state index in [1.54, 1.807) is 25.1 Å². The van der Waals surface area contributed by atoms with E-state index < -0.39 is 11.7 Å². The third-order valence-electron chi connectivity index (χ3n) is 6.89. The number of nitrogens with zero attached hydrogens (tertiary/aromatic N) is 2. The second-order valence-electron chi connectivity index (χ2n) is 10.1. The van der Waals surface area contributed by atoms with Crippen molar-refractivity contribution in [2.75, 3.05) is 0 Å². The van der Waals surface area contributed by atoms with Crippen LogP contribution in [0.15, 0.2) is 91.0 Å². The van der Waals surface area contributed by atoms with E-state index in [-0.39, 0.29) is 5.84 Å². The SMILES string of the molecule is Cc1ccc(-c2nc(-c3cc(C)cc(C(F)(F)F)c3)n(Cc3ccc(C(=N)N)cc3)c2-c2ccc(C)cc2)cc1. The molecule has 0 aliphatic rings. The lowest BCUT2D eigenvalue weighted by Crippen LogP contribution is -2.11. The van der Waals surface area contributed by atoms with Gasteiger partial charge in [-0.05, 0) is 50.1 Å². The van der Waals surface area contributed by atoms with Crippen LogP contribution in [0.25, 0.3) is 33.9 Å². The van der Waals surface area contributed by atoms with Crippen molar-refractivity contribution in [3.05, 3.63) is 124 Å². The first kappa shape index (κ1) is 26.9. The molecule has 0 spiro atoms. The summed E-state index contributed by atoms with van der Waals surface area (Å²) in [5, 5.41) is 7.71. The summed E-state index contributed by atoms with van der Waals surface area (Å²) in [6, 6.07) is 27.4. The van der Waals surface area contributed by atoms with Crippen molar-refractivity contribution >= 4 is 5.84 Å². The van der Waals surface area contributed by atoms with Crippen molar-refractivity contribution < 1.29 is 13.2 Å². The molecule has 40 heavy (non-hydrogen) atoms. The maximum atomic E-state index is 13.8. The Labute approximate surface area is 231 Å². The summed E-state index contributed by atoms with van der Waals surface area (Å²) in [6.07, 6.45) is -4.49. The molecule has 1 heterocycles. The Kier molecular flexibility index (Phi) is 7.06. The summed E-state index contributed by atoms with van der Waals surface area (Å²) < 4.78 is 43.5. The summed E-state index contributed by atoms with van der Waals surface area (Å²) in [5.74, 6) is 0.410. The molecule has 0 aliphatic heterocycles. The van der Waals surface area contributed by atoms with E-state index in [1.807, 2.05) is 79.1 Å². The number of nitrogens with two attached hydrogens (primary N) is 1. The van der Waals surface area contributed by atoms with Gasteiger partial charge in [-0.3, -0.25) is 5.41 Å². The number of imidazole rings is 1. The van der Waals surface area contributed by atoms with Crippen LogP contribution in [0.2, 0.25) is 0 Å². The molecule has 5 aromatic rings. The summed E-state index contributed by atoms with van der Waals surface area (Å²) >= 11 is 0. The number of halogens is 3. The highest BCUT2D eigenvalue weighted by Crippen LogP contribution is 2.39. The van der Waals surface area contributed by atoms with Crippen molar-refractivity contribution in [1.82, 2.24) is 9.55 Å². The lowest BCUT2D eigenvalue weighted by molar-refractivity contribution is -0.137. The smallest absolute Gasteiger partial charge is 0.384 e. The van der Waals surface area contributed by atoms with Gasteiger partial charge in [0, 0.05) is 28.8 Å². The van der Waals surface area contributed by atoms with E-state index in [2.05, 4.69) is 0 Å². The average molecular weight is 539 g/mol. The fourth-order valence-corrected chi connectivity index (χ4v) is 4.79. The summed E-state index contributed by atoms with van der Waals surface area (Å²) in [5.41, 5.74) is 12.8. The zero-order valence-corrected chi connectivity index (χ0v) is 22.5. The third kappa shape index (κ3) is 5.54. The van der Waals surface area contributed by atoms with E-state index in [4.69, 9.17) is 16.1 Å². The number of nitrogen functional groups attached to an aromatic ring is 1. The summed E-state index contributed by atoms with van der Waals surface area (Å²) in [6.45, 7) is 6.03. The fourth-order valence-electron chi connectivity index (χ4n) is 4.79.